The molecule has 1 amide bonds. The summed E-state index contributed by atoms with van der Waals surface area (Å²) in [6, 6.07) is 13.5. The fraction of sp³-hybridized carbons (Fsp3) is 0.0870. The quantitative estimate of drug-likeness (QED) is 0.409. The van der Waals surface area contributed by atoms with E-state index in [2.05, 4.69) is 15.5 Å². The van der Waals surface area contributed by atoms with Gasteiger partial charge in [0.1, 0.15) is 17.3 Å². The summed E-state index contributed by atoms with van der Waals surface area (Å²) in [6.07, 6.45) is 3.09. The monoisotopic (exact) mass is 439 g/mol. The maximum absolute atomic E-state index is 14.5. The molecule has 1 unspecified atom stereocenters. The molecule has 156 valence electrons. The molecule has 0 aliphatic carbocycles. The molecule has 0 spiro atoms. The zero-order valence-corrected chi connectivity index (χ0v) is 17.0. The van der Waals surface area contributed by atoms with Crippen molar-refractivity contribution < 1.29 is 18.1 Å². The molecule has 0 saturated carbocycles. The number of anilines is 1. The summed E-state index contributed by atoms with van der Waals surface area (Å²) >= 11 is 6.21. The van der Waals surface area contributed by atoms with Crippen molar-refractivity contribution in [3.05, 3.63) is 89.2 Å². The summed E-state index contributed by atoms with van der Waals surface area (Å²) in [5, 5.41) is 7.13. The zero-order chi connectivity index (χ0) is 22.0. The van der Waals surface area contributed by atoms with Crippen LogP contribution in [-0.2, 0) is 4.79 Å². The van der Waals surface area contributed by atoms with Crippen molar-refractivity contribution >= 4 is 23.4 Å². The second-order valence-electron chi connectivity index (χ2n) is 6.83. The van der Waals surface area contributed by atoms with Gasteiger partial charge in [-0.15, -0.1) is 0 Å². The molecule has 31 heavy (non-hydrogen) atoms. The number of carbonyl (C=O) groups excluding carboxylic acids is 1. The summed E-state index contributed by atoms with van der Waals surface area (Å²) in [5.74, 6) is -2.45. The summed E-state index contributed by atoms with van der Waals surface area (Å²) in [5.41, 5.74) is 1.76. The largest absolute Gasteiger partial charge is 0.337 e. The van der Waals surface area contributed by atoms with E-state index in [1.807, 2.05) is 0 Å². The van der Waals surface area contributed by atoms with Crippen LogP contribution in [0.4, 0.5) is 14.7 Å². The fourth-order valence-corrected chi connectivity index (χ4v) is 3.51. The highest BCUT2D eigenvalue weighted by Gasteiger charge is 2.25. The average Bonchev–Trinajstić information content (AvgIpc) is 3.17. The summed E-state index contributed by atoms with van der Waals surface area (Å²) in [4.78, 5) is 16.9. The van der Waals surface area contributed by atoms with Crippen molar-refractivity contribution in [1.29, 1.82) is 0 Å². The van der Waals surface area contributed by atoms with Crippen molar-refractivity contribution in [2.45, 2.75) is 12.8 Å². The van der Waals surface area contributed by atoms with E-state index in [1.165, 1.54) is 6.07 Å². The van der Waals surface area contributed by atoms with Crippen LogP contribution in [0, 0.1) is 11.6 Å². The number of hydrogen-bond donors (Lipinski definition) is 1. The minimum Gasteiger partial charge on any atom is -0.337 e. The van der Waals surface area contributed by atoms with Gasteiger partial charge >= 0.3 is 0 Å². The number of nitrogens with one attached hydrogen (secondary N) is 1. The lowest BCUT2D eigenvalue weighted by atomic mass is 9.99. The van der Waals surface area contributed by atoms with Crippen LogP contribution < -0.4 is 5.32 Å². The Labute approximate surface area is 181 Å². The molecule has 1 N–H and O–H groups in total. The third-order valence-electron chi connectivity index (χ3n) is 4.85. The lowest BCUT2D eigenvalue weighted by Crippen LogP contribution is -2.19. The number of benzene rings is 2. The number of pyridine rings is 1. The maximum Gasteiger partial charge on any atom is 0.239 e. The van der Waals surface area contributed by atoms with Crippen molar-refractivity contribution in [3.63, 3.8) is 0 Å². The average molecular weight is 440 g/mol. The van der Waals surface area contributed by atoms with E-state index >= 15 is 0 Å². The highest BCUT2D eigenvalue weighted by molar-refractivity contribution is 6.31. The van der Waals surface area contributed by atoms with Gasteiger partial charge in [0, 0.05) is 29.0 Å². The van der Waals surface area contributed by atoms with Gasteiger partial charge in [0.05, 0.1) is 11.5 Å². The maximum atomic E-state index is 14.5. The molecule has 5 nitrogen and oxygen atoms in total. The normalized spacial score (nSPS) is 11.9. The van der Waals surface area contributed by atoms with Gasteiger partial charge in [0.15, 0.2) is 0 Å². The van der Waals surface area contributed by atoms with Crippen LogP contribution in [0.15, 0.2) is 71.5 Å². The molecular formula is C23H16ClF2N3O2. The van der Waals surface area contributed by atoms with E-state index in [1.54, 1.807) is 55.7 Å². The van der Waals surface area contributed by atoms with Crippen molar-refractivity contribution in [3.8, 4) is 22.4 Å². The molecule has 0 aliphatic rings. The Balaban J connectivity index is 1.76. The number of nitrogens with zero attached hydrogens (tertiary/aromatic N) is 2. The van der Waals surface area contributed by atoms with Gasteiger partial charge in [0.25, 0.3) is 0 Å². The first-order chi connectivity index (χ1) is 15.0. The molecule has 2 heterocycles. The Morgan fingerprint density at radius 3 is 2.55 bits per heavy atom. The van der Waals surface area contributed by atoms with Gasteiger partial charge < -0.3 is 4.52 Å². The standard InChI is InChI=1S/C23H16ClF2N3O2/c1-13(16-4-2-3-5-18(16)24)22(30)28-23-20(14-8-10-27-11-9-14)21(29-31-23)17-7-6-15(25)12-19(17)26/h2-13H,1H3,(H,28,30). The Kier molecular flexibility index (Phi) is 5.77. The van der Waals surface area contributed by atoms with Crippen molar-refractivity contribution in [2.24, 2.45) is 0 Å². The van der Waals surface area contributed by atoms with E-state index in [0.717, 1.165) is 12.1 Å². The second-order valence-corrected chi connectivity index (χ2v) is 7.24. The van der Waals surface area contributed by atoms with Crippen LogP contribution in [0.1, 0.15) is 18.4 Å². The van der Waals surface area contributed by atoms with E-state index in [-0.39, 0.29) is 23.0 Å². The fourth-order valence-electron chi connectivity index (χ4n) is 3.21. The lowest BCUT2D eigenvalue weighted by molar-refractivity contribution is -0.117. The van der Waals surface area contributed by atoms with Crippen LogP contribution in [0.5, 0.6) is 0 Å². The van der Waals surface area contributed by atoms with E-state index in [0.29, 0.717) is 21.7 Å². The molecular weight excluding hydrogens is 424 g/mol. The highest BCUT2D eigenvalue weighted by Crippen LogP contribution is 2.39. The number of amides is 1. The van der Waals surface area contributed by atoms with Crippen molar-refractivity contribution in [2.75, 3.05) is 5.32 Å². The van der Waals surface area contributed by atoms with Crippen molar-refractivity contribution in [1.82, 2.24) is 10.1 Å². The lowest BCUT2D eigenvalue weighted by Gasteiger charge is -2.13. The van der Waals surface area contributed by atoms with Crippen LogP contribution in [0.3, 0.4) is 0 Å². The third kappa shape index (κ3) is 4.18. The first-order valence-electron chi connectivity index (χ1n) is 9.36. The van der Waals surface area contributed by atoms with Crippen LogP contribution in [0.2, 0.25) is 5.02 Å². The smallest absolute Gasteiger partial charge is 0.239 e. The number of aromatic nitrogens is 2. The molecule has 0 aliphatic heterocycles. The Morgan fingerprint density at radius 1 is 1.10 bits per heavy atom. The van der Waals surface area contributed by atoms with Gasteiger partial charge in [-0.2, -0.15) is 0 Å². The highest BCUT2D eigenvalue weighted by atomic mass is 35.5. The summed E-state index contributed by atoms with van der Waals surface area (Å²) < 4.78 is 33.2. The number of rotatable bonds is 5. The topological polar surface area (TPSA) is 68.0 Å². The SMILES string of the molecule is CC(C(=O)Nc1onc(-c2ccc(F)cc2F)c1-c1ccncc1)c1ccccc1Cl. The molecule has 2 aromatic heterocycles. The second kappa shape index (κ2) is 8.65. The Hall–Kier alpha value is -3.58. The Morgan fingerprint density at radius 2 is 1.84 bits per heavy atom. The molecule has 0 bridgehead atoms. The third-order valence-corrected chi connectivity index (χ3v) is 5.19. The molecule has 8 heteroatoms. The molecule has 0 radical (unpaired) electrons. The molecule has 1 atom stereocenters. The van der Waals surface area contributed by atoms with Gasteiger partial charge in [-0.3, -0.25) is 15.1 Å². The van der Waals surface area contributed by atoms with Gasteiger partial charge in [-0.05, 0) is 48.4 Å². The first-order valence-corrected chi connectivity index (χ1v) is 9.74. The van der Waals surface area contributed by atoms with E-state index in [4.69, 9.17) is 16.1 Å². The van der Waals surface area contributed by atoms with E-state index in [9.17, 15) is 13.6 Å². The number of hydrogen-bond acceptors (Lipinski definition) is 4. The number of halogens is 3. The summed E-state index contributed by atoms with van der Waals surface area (Å²) in [7, 11) is 0. The zero-order valence-electron chi connectivity index (χ0n) is 16.3. The predicted molar refractivity (Wildman–Crippen MR) is 114 cm³/mol. The van der Waals surface area contributed by atoms with Gasteiger partial charge in [-0.1, -0.05) is 35.0 Å². The Bertz CT molecular complexity index is 1240. The van der Waals surface area contributed by atoms with Crippen LogP contribution >= 0.6 is 11.6 Å². The minimum atomic E-state index is -0.800. The van der Waals surface area contributed by atoms with Gasteiger partial charge in [0.2, 0.25) is 11.8 Å². The molecule has 4 aromatic rings. The number of carbonyl (C=O) groups is 1. The minimum absolute atomic E-state index is 0.0360. The molecule has 0 saturated heterocycles. The van der Waals surface area contributed by atoms with E-state index < -0.39 is 17.6 Å². The predicted octanol–water partition coefficient (Wildman–Crippen LogP) is 6.08. The molecule has 0 fully saturated rings. The molecule has 4 rings (SSSR count). The van der Waals surface area contributed by atoms with Gasteiger partial charge in [-0.25, -0.2) is 8.78 Å². The van der Waals surface area contributed by atoms with Crippen LogP contribution in [-0.4, -0.2) is 16.0 Å². The first kappa shape index (κ1) is 20.7. The molecule has 2 aromatic carbocycles. The summed E-state index contributed by atoms with van der Waals surface area (Å²) in [6.45, 7) is 1.71. The van der Waals surface area contributed by atoms with Crippen LogP contribution in [0.25, 0.3) is 22.4 Å².